The van der Waals surface area contributed by atoms with Crippen molar-refractivity contribution in [2.45, 2.75) is 38.4 Å². The first-order chi connectivity index (χ1) is 10.2. The summed E-state index contributed by atoms with van der Waals surface area (Å²) in [5, 5.41) is 2.75. The minimum atomic E-state index is -1.47. The molecule has 0 saturated carbocycles. The lowest BCUT2D eigenvalue weighted by molar-refractivity contribution is -0.396. The van der Waals surface area contributed by atoms with Gasteiger partial charge in [0.05, 0.1) is 12.0 Å². The van der Waals surface area contributed by atoms with Crippen molar-refractivity contribution in [1.82, 2.24) is 4.90 Å². The number of anilines is 1. The van der Waals surface area contributed by atoms with Crippen molar-refractivity contribution in [3.05, 3.63) is 29.8 Å². The summed E-state index contributed by atoms with van der Waals surface area (Å²) in [7, 11) is 3.28. The molecule has 0 saturated heterocycles. The van der Waals surface area contributed by atoms with Crippen LogP contribution in [0.2, 0.25) is 0 Å². The number of hydrogen-bond donors (Lipinski definition) is 1. The fraction of sp³-hybridized carbons (Fsp3) is 0.500. The zero-order valence-corrected chi connectivity index (χ0v) is 13.6. The van der Waals surface area contributed by atoms with Gasteiger partial charge in [-0.15, -0.1) is 0 Å². The molecular weight excluding hydrogens is 284 g/mol. The van der Waals surface area contributed by atoms with Crippen molar-refractivity contribution in [3.8, 4) is 0 Å². The zero-order chi connectivity index (χ0) is 16.5. The predicted molar refractivity (Wildman–Crippen MR) is 82.0 cm³/mol. The van der Waals surface area contributed by atoms with Crippen LogP contribution in [-0.2, 0) is 25.0 Å². The van der Waals surface area contributed by atoms with Gasteiger partial charge < -0.3 is 10.2 Å². The quantitative estimate of drug-likeness (QED) is 0.683. The Bertz CT molecular complexity index is 592. The Morgan fingerprint density at radius 3 is 2.50 bits per heavy atom. The molecule has 1 aliphatic rings. The molecule has 1 unspecified atom stereocenters. The molecule has 0 fully saturated rings. The average Bonchev–Trinajstić information content (AvgIpc) is 2.69. The highest BCUT2D eigenvalue weighted by atomic mass is 17.2. The van der Waals surface area contributed by atoms with Crippen molar-refractivity contribution in [1.29, 1.82) is 0 Å². The Labute approximate surface area is 130 Å². The van der Waals surface area contributed by atoms with Crippen LogP contribution in [-0.4, -0.2) is 36.4 Å². The summed E-state index contributed by atoms with van der Waals surface area (Å²) in [6, 6.07) is 7.15. The molecule has 1 N–H and O–H groups in total. The van der Waals surface area contributed by atoms with Gasteiger partial charge in [-0.2, -0.15) is 0 Å². The monoisotopic (exact) mass is 306 g/mol. The van der Waals surface area contributed by atoms with Crippen molar-refractivity contribution in [2.24, 2.45) is 0 Å². The van der Waals surface area contributed by atoms with Gasteiger partial charge in [0.15, 0.2) is 0 Å². The summed E-state index contributed by atoms with van der Waals surface area (Å²) in [6.07, 6.45) is -0.126. The molecule has 2 amide bonds. The van der Waals surface area contributed by atoms with E-state index in [0.29, 0.717) is 11.3 Å². The van der Waals surface area contributed by atoms with Gasteiger partial charge in [0.1, 0.15) is 0 Å². The first-order valence-corrected chi connectivity index (χ1v) is 7.14. The summed E-state index contributed by atoms with van der Waals surface area (Å²) in [5.41, 5.74) is -0.826. The SMILES string of the molecule is CN(C)C(=O)CC1(OOC(C)(C)C)C(=O)Nc2ccccc21. The fourth-order valence-corrected chi connectivity index (χ4v) is 2.14. The first-order valence-electron chi connectivity index (χ1n) is 7.14. The minimum Gasteiger partial charge on any atom is -0.349 e. The third-order valence-corrected chi connectivity index (χ3v) is 3.31. The molecule has 0 spiro atoms. The van der Waals surface area contributed by atoms with E-state index in [1.807, 2.05) is 26.8 Å². The van der Waals surface area contributed by atoms with E-state index in [0.717, 1.165) is 0 Å². The molecule has 1 aromatic rings. The molecule has 22 heavy (non-hydrogen) atoms. The number of carbonyl (C=O) groups is 2. The van der Waals surface area contributed by atoms with Crippen LogP contribution in [0.3, 0.4) is 0 Å². The van der Waals surface area contributed by atoms with Crippen LogP contribution < -0.4 is 5.32 Å². The van der Waals surface area contributed by atoms with Gasteiger partial charge in [0.2, 0.25) is 11.5 Å². The van der Waals surface area contributed by atoms with E-state index >= 15 is 0 Å². The Morgan fingerprint density at radius 2 is 1.91 bits per heavy atom. The van der Waals surface area contributed by atoms with Crippen molar-refractivity contribution in [2.75, 3.05) is 19.4 Å². The van der Waals surface area contributed by atoms with Crippen molar-refractivity contribution < 1.29 is 19.4 Å². The lowest BCUT2D eigenvalue weighted by atomic mass is 9.91. The molecule has 0 bridgehead atoms. The fourth-order valence-electron chi connectivity index (χ4n) is 2.14. The molecule has 1 aromatic carbocycles. The summed E-state index contributed by atoms with van der Waals surface area (Å²) in [6.45, 7) is 5.44. The summed E-state index contributed by atoms with van der Waals surface area (Å²) < 4.78 is 0. The van der Waals surface area contributed by atoms with Gasteiger partial charge in [-0.1, -0.05) is 18.2 Å². The van der Waals surface area contributed by atoms with E-state index in [2.05, 4.69) is 5.32 Å². The lowest BCUT2D eigenvalue weighted by Gasteiger charge is -2.30. The topological polar surface area (TPSA) is 67.9 Å². The molecule has 6 nitrogen and oxygen atoms in total. The summed E-state index contributed by atoms with van der Waals surface area (Å²) in [5.74, 6) is -0.613. The Balaban J connectivity index is 2.42. The third-order valence-electron chi connectivity index (χ3n) is 3.31. The highest BCUT2D eigenvalue weighted by Gasteiger charge is 2.52. The van der Waals surface area contributed by atoms with Gasteiger partial charge in [-0.3, -0.25) is 9.59 Å². The number of benzene rings is 1. The number of hydrogen-bond acceptors (Lipinski definition) is 4. The van der Waals surface area contributed by atoms with Crippen molar-refractivity contribution in [3.63, 3.8) is 0 Å². The average molecular weight is 306 g/mol. The first kappa shape index (κ1) is 16.5. The lowest BCUT2D eigenvalue weighted by Crippen LogP contribution is -2.43. The second kappa shape index (κ2) is 5.70. The molecule has 0 aromatic heterocycles. The largest absolute Gasteiger partial charge is 0.349 e. The standard InChI is InChI=1S/C16H22N2O4/c1-15(2,3)21-22-16(10-13(19)18(4)5)11-8-6-7-9-12(11)17-14(16)20/h6-9H,10H2,1-5H3,(H,17,20). The minimum absolute atomic E-state index is 0.126. The number of nitrogens with zero attached hydrogens (tertiary/aromatic N) is 1. The molecule has 0 aliphatic carbocycles. The number of para-hydroxylation sites is 1. The van der Waals surface area contributed by atoms with Crippen LogP contribution in [0.15, 0.2) is 24.3 Å². The van der Waals surface area contributed by atoms with E-state index in [-0.39, 0.29) is 12.3 Å². The van der Waals surface area contributed by atoms with E-state index in [9.17, 15) is 9.59 Å². The zero-order valence-electron chi connectivity index (χ0n) is 13.6. The van der Waals surface area contributed by atoms with Gasteiger partial charge >= 0.3 is 0 Å². The number of fused-ring (bicyclic) bond motifs is 1. The number of amides is 2. The second-order valence-electron chi connectivity index (χ2n) is 6.57. The van der Waals surface area contributed by atoms with Crippen LogP contribution in [0.4, 0.5) is 5.69 Å². The molecule has 1 aliphatic heterocycles. The van der Waals surface area contributed by atoms with E-state index < -0.39 is 17.1 Å². The Kier molecular flexibility index (Phi) is 4.26. The number of carbonyl (C=O) groups excluding carboxylic acids is 2. The third kappa shape index (κ3) is 3.13. The van der Waals surface area contributed by atoms with Crippen LogP contribution in [0.25, 0.3) is 0 Å². The molecule has 6 heteroatoms. The van der Waals surface area contributed by atoms with E-state index in [4.69, 9.17) is 9.78 Å². The maximum atomic E-state index is 12.5. The molecule has 2 rings (SSSR count). The van der Waals surface area contributed by atoms with Crippen LogP contribution in [0.5, 0.6) is 0 Å². The van der Waals surface area contributed by atoms with Gasteiger partial charge in [-0.25, -0.2) is 9.78 Å². The maximum absolute atomic E-state index is 12.5. The van der Waals surface area contributed by atoms with Gasteiger partial charge in [0.25, 0.3) is 5.91 Å². The molecule has 120 valence electrons. The number of rotatable bonds is 4. The normalized spacial score (nSPS) is 20.5. The second-order valence-corrected chi connectivity index (χ2v) is 6.57. The summed E-state index contributed by atoms with van der Waals surface area (Å²) >= 11 is 0. The molecule has 1 atom stereocenters. The van der Waals surface area contributed by atoms with E-state index in [1.165, 1.54) is 4.90 Å². The maximum Gasteiger partial charge on any atom is 0.265 e. The molecule has 0 radical (unpaired) electrons. The van der Waals surface area contributed by atoms with Crippen molar-refractivity contribution >= 4 is 17.5 Å². The van der Waals surface area contributed by atoms with Crippen LogP contribution >= 0.6 is 0 Å². The highest BCUT2D eigenvalue weighted by Crippen LogP contribution is 2.42. The predicted octanol–water partition coefficient (Wildman–Crippen LogP) is 2.06. The molecule has 1 heterocycles. The number of nitrogens with one attached hydrogen (secondary N) is 1. The smallest absolute Gasteiger partial charge is 0.265 e. The van der Waals surface area contributed by atoms with E-state index in [1.54, 1.807) is 32.3 Å². The Hall–Kier alpha value is -1.92. The Morgan fingerprint density at radius 1 is 1.27 bits per heavy atom. The van der Waals surface area contributed by atoms with Gasteiger partial charge in [0, 0.05) is 25.3 Å². The molecular formula is C16H22N2O4. The summed E-state index contributed by atoms with van der Waals surface area (Å²) in [4.78, 5) is 37.1. The van der Waals surface area contributed by atoms with Crippen LogP contribution in [0, 0.1) is 0 Å². The highest BCUT2D eigenvalue weighted by molar-refractivity contribution is 6.07. The van der Waals surface area contributed by atoms with Gasteiger partial charge in [-0.05, 0) is 26.8 Å². The van der Waals surface area contributed by atoms with Crippen LogP contribution in [0.1, 0.15) is 32.8 Å².